The van der Waals surface area contributed by atoms with Crippen LogP contribution in [0.5, 0.6) is 0 Å². The fraction of sp³-hybridized carbons (Fsp3) is 0.433. The molecule has 208 valence electrons. The Kier molecular flexibility index (Phi) is 9.37. The second-order valence-corrected chi connectivity index (χ2v) is 11.2. The molecular formula is C30H42N8O. The van der Waals surface area contributed by atoms with Gasteiger partial charge in [-0.15, -0.1) is 0 Å². The molecule has 9 heteroatoms. The maximum absolute atomic E-state index is 11.7. The van der Waals surface area contributed by atoms with Crippen molar-refractivity contribution in [2.75, 3.05) is 75.4 Å². The van der Waals surface area contributed by atoms with Gasteiger partial charge in [-0.25, -0.2) is 14.8 Å². The van der Waals surface area contributed by atoms with Gasteiger partial charge in [0.05, 0.1) is 5.69 Å². The van der Waals surface area contributed by atoms with E-state index in [1.807, 2.05) is 37.3 Å². The van der Waals surface area contributed by atoms with Crippen LogP contribution in [-0.4, -0.2) is 85.7 Å². The molecule has 0 atom stereocenters. The summed E-state index contributed by atoms with van der Waals surface area (Å²) in [6.45, 7) is 13.6. The van der Waals surface area contributed by atoms with E-state index in [-0.39, 0.29) is 11.4 Å². The van der Waals surface area contributed by atoms with Gasteiger partial charge in [0.25, 0.3) is 0 Å². The largest absolute Gasteiger partial charge is 0.369 e. The van der Waals surface area contributed by atoms with Gasteiger partial charge in [-0.1, -0.05) is 26.0 Å². The molecule has 2 heterocycles. The molecule has 0 saturated carbocycles. The number of piperazine rings is 1. The Morgan fingerprint density at radius 2 is 1.62 bits per heavy atom. The summed E-state index contributed by atoms with van der Waals surface area (Å²) in [6, 6.07) is 17.8. The summed E-state index contributed by atoms with van der Waals surface area (Å²) in [6.07, 6.45) is 1.75. The van der Waals surface area contributed by atoms with Gasteiger partial charge in [-0.2, -0.15) is 0 Å². The summed E-state index contributed by atoms with van der Waals surface area (Å²) in [7, 11) is 4.30. The van der Waals surface area contributed by atoms with Gasteiger partial charge in [0.15, 0.2) is 0 Å². The quantitative estimate of drug-likeness (QED) is 0.349. The highest BCUT2D eigenvalue weighted by atomic mass is 16.2. The predicted octanol–water partition coefficient (Wildman–Crippen LogP) is 4.74. The molecule has 2 aromatic carbocycles. The fourth-order valence-corrected chi connectivity index (χ4v) is 5.20. The molecule has 1 fully saturated rings. The van der Waals surface area contributed by atoms with Gasteiger partial charge in [-0.3, -0.25) is 4.90 Å². The number of amides is 2. The molecule has 1 aliphatic heterocycles. The summed E-state index contributed by atoms with van der Waals surface area (Å²) >= 11 is 0. The van der Waals surface area contributed by atoms with Crippen LogP contribution in [0.1, 0.15) is 20.8 Å². The number of hydrogen-bond donors (Lipinski definition) is 3. The van der Waals surface area contributed by atoms with Gasteiger partial charge in [0, 0.05) is 74.6 Å². The van der Waals surface area contributed by atoms with Crippen LogP contribution >= 0.6 is 0 Å². The van der Waals surface area contributed by atoms with E-state index in [4.69, 9.17) is 0 Å². The zero-order valence-corrected chi connectivity index (χ0v) is 23.9. The van der Waals surface area contributed by atoms with Gasteiger partial charge >= 0.3 is 6.03 Å². The topological polar surface area (TPSA) is 88.7 Å². The van der Waals surface area contributed by atoms with E-state index >= 15 is 0 Å². The zero-order chi connectivity index (χ0) is 27.8. The third-order valence-electron chi connectivity index (χ3n) is 6.69. The standard InChI is InChI=1S/C30H42N8O/c1-6-31-29(39)34-25-9-7-23(8-10-25)27-15-16-32-28(35-27)33-24-11-13-26(14-12-24)38-19-17-37(18-20-38)22-30(2,3)21-36(4)5/h7-16H,6,17-22H2,1-5H3,(H2,31,34,39)(H,32,33,35). The molecule has 1 saturated heterocycles. The summed E-state index contributed by atoms with van der Waals surface area (Å²) in [5, 5.41) is 8.86. The van der Waals surface area contributed by atoms with E-state index in [1.165, 1.54) is 5.69 Å². The number of aromatic nitrogens is 2. The molecule has 1 aliphatic rings. The molecule has 2 amide bonds. The van der Waals surface area contributed by atoms with Crippen molar-refractivity contribution >= 4 is 29.0 Å². The van der Waals surface area contributed by atoms with Gasteiger partial charge in [-0.05, 0) is 68.9 Å². The molecule has 0 radical (unpaired) electrons. The van der Waals surface area contributed by atoms with Crippen molar-refractivity contribution in [1.29, 1.82) is 0 Å². The van der Waals surface area contributed by atoms with E-state index in [0.29, 0.717) is 12.5 Å². The van der Waals surface area contributed by atoms with Crippen LogP contribution in [0.15, 0.2) is 60.8 Å². The Morgan fingerprint density at radius 3 is 2.26 bits per heavy atom. The first kappa shape index (κ1) is 28.3. The SMILES string of the molecule is CCNC(=O)Nc1ccc(-c2ccnc(Nc3ccc(N4CCN(CC(C)(C)CN(C)C)CC4)cc3)n2)cc1. The molecule has 3 aromatic rings. The number of benzene rings is 2. The average molecular weight is 531 g/mol. The van der Waals surface area contributed by atoms with E-state index < -0.39 is 0 Å². The van der Waals surface area contributed by atoms with Crippen molar-refractivity contribution in [2.24, 2.45) is 5.41 Å². The third-order valence-corrected chi connectivity index (χ3v) is 6.69. The molecule has 0 unspecified atom stereocenters. The number of carbonyl (C=O) groups is 1. The van der Waals surface area contributed by atoms with Crippen LogP contribution in [0.25, 0.3) is 11.3 Å². The lowest BCUT2D eigenvalue weighted by molar-refractivity contribution is 0.139. The smallest absolute Gasteiger partial charge is 0.319 e. The van der Waals surface area contributed by atoms with Crippen molar-refractivity contribution in [3.8, 4) is 11.3 Å². The minimum absolute atomic E-state index is 0.216. The first-order valence-corrected chi connectivity index (χ1v) is 13.7. The molecule has 0 aliphatic carbocycles. The lowest BCUT2D eigenvalue weighted by Gasteiger charge is -2.40. The Morgan fingerprint density at radius 1 is 0.949 bits per heavy atom. The number of nitrogens with one attached hydrogen (secondary N) is 3. The molecule has 0 bridgehead atoms. The fourth-order valence-electron chi connectivity index (χ4n) is 5.20. The number of urea groups is 1. The number of rotatable bonds is 10. The predicted molar refractivity (Wildman–Crippen MR) is 161 cm³/mol. The lowest BCUT2D eigenvalue weighted by atomic mass is 9.92. The minimum Gasteiger partial charge on any atom is -0.369 e. The monoisotopic (exact) mass is 530 g/mol. The third kappa shape index (κ3) is 8.40. The normalized spacial score (nSPS) is 14.4. The van der Waals surface area contributed by atoms with Crippen molar-refractivity contribution in [1.82, 2.24) is 25.1 Å². The van der Waals surface area contributed by atoms with Crippen molar-refractivity contribution in [3.05, 3.63) is 60.8 Å². The van der Waals surface area contributed by atoms with E-state index in [1.54, 1.807) is 6.20 Å². The summed E-state index contributed by atoms with van der Waals surface area (Å²) in [5.41, 5.74) is 4.95. The van der Waals surface area contributed by atoms with Crippen LogP contribution in [0.4, 0.5) is 27.8 Å². The average Bonchev–Trinajstić information content (AvgIpc) is 2.89. The Bertz CT molecular complexity index is 1200. The van der Waals surface area contributed by atoms with Crippen molar-refractivity contribution in [3.63, 3.8) is 0 Å². The van der Waals surface area contributed by atoms with Crippen molar-refractivity contribution in [2.45, 2.75) is 20.8 Å². The van der Waals surface area contributed by atoms with E-state index in [9.17, 15) is 4.79 Å². The van der Waals surface area contributed by atoms with E-state index in [2.05, 4.69) is 92.8 Å². The van der Waals surface area contributed by atoms with Crippen LogP contribution in [0.3, 0.4) is 0 Å². The highest BCUT2D eigenvalue weighted by Crippen LogP contribution is 2.25. The summed E-state index contributed by atoms with van der Waals surface area (Å²) < 4.78 is 0. The molecular weight excluding hydrogens is 488 g/mol. The first-order chi connectivity index (χ1) is 18.7. The molecule has 4 rings (SSSR count). The van der Waals surface area contributed by atoms with Crippen LogP contribution < -0.4 is 20.9 Å². The highest BCUT2D eigenvalue weighted by Gasteiger charge is 2.25. The summed E-state index contributed by atoms with van der Waals surface area (Å²) in [5.74, 6) is 0.540. The maximum Gasteiger partial charge on any atom is 0.319 e. The molecule has 0 spiro atoms. The number of anilines is 4. The van der Waals surface area contributed by atoms with Gasteiger partial charge < -0.3 is 25.8 Å². The molecule has 9 nitrogen and oxygen atoms in total. The van der Waals surface area contributed by atoms with Crippen LogP contribution in [-0.2, 0) is 0 Å². The maximum atomic E-state index is 11.7. The van der Waals surface area contributed by atoms with E-state index in [0.717, 1.165) is 61.9 Å². The lowest BCUT2D eigenvalue weighted by Crippen LogP contribution is -2.50. The van der Waals surface area contributed by atoms with Crippen LogP contribution in [0, 0.1) is 5.41 Å². The minimum atomic E-state index is -0.216. The Labute approximate surface area is 232 Å². The summed E-state index contributed by atoms with van der Waals surface area (Å²) in [4.78, 5) is 28.1. The second kappa shape index (κ2) is 12.9. The zero-order valence-electron chi connectivity index (χ0n) is 23.9. The highest BCUT2D eigenvalue weighted by molar-refractivity contribution is 5.89. The van der Waals surface area contributed by atoms with Gasteiger partial charge in [0.1, 0.15) is 0 Å². The molecule has 3 N–H and O–H groups in total. The number of hydrogen-bond acceptors (Lipinski definition) is 7. The number of nitrogens with zero attached hydrogens (tertiary/aromatic N) is 5. The second-order valence-electron chi connectivity index (χ2n) is 11.2. The first-order valence-electron chi connectivity index (χ1n) is 13.7. The Hall–Kier alpha value is -3.69. The molecule has 39 heavy (non-hydrogen) atoms. The van der Waals surface area contributed by atoms with Gasteiger partial charge in [0.2, 0.25) is 5.95 Å². The molecule has 1 aromatic heterocycles. The van der Waals surface area contributed by atoms with Crippen LogP contribution in [0.2, 0.25) is 0 Å². The number of carbonyl (C=O) groups excluding carboxylic acids is 1. The Balaban J connectivity index is 1.31. The van der Waals surface area contributed by atoms with Crippen molar-refractivity contribution < 1.29 is 4.79 Å².